The van der Waals surface area contributed by atoms with E-state index in [4.69, 9.17) is 4.74 Å². The highest BCUT2D eigenvalue weighted by Gasteiger charge is 2.15. The summed E-state index contributed by atoms with van der Waals surface area (Å²) in [6.07, 6.45) is 2.61. The van der Waals surface area contributed by atoms with E-state index in [2.05, 4.69) is 10.6 Å². The van der Waals surface area contributed by atoms with E-state index >= 15 is 0 Å². The molecule has 0 aromatic rings. The summed E-state index contributed by atoms with van der Waals surface area (Å²) in [4.78, 5) is 21.8. The fourth-order valence-corrected chi connectivity index (χ4v) is 1.43. The van der Waals surface area contributed by atoms with Crippen molar-refractivity contribution >= 4 is 11.8 Å². The molecule has 2 N–H and O–H groups in total. The summed E-state index contributed by atoms with van der Waals surface area (Å²) in [7, 11) is 0. The molecule has 1 fully saturated rings. The van der Waals surface area contributed by atoms with E-state index in [0.717, 1.165) is 19.4 Å². The van der Waals surface area contributed by atoms with Crippen molar-refractivity contribution < 1.29 is 14.3 Å². The SMILES string of the molecule is CC(=O)CCNC(=O)NCC1CCCO1. The van der Waals surface area contributed by atoms with Crippen LogP contribution in [0.5, 0.6) is 0 Å². The van der Waals surface area contributed by atoms with Crippen molar-refractivity contribution in [2.45, 2.75) is 32.3 Å². The first-order chi connectivity index (χ1) is 7.18. The maximum absolute atomic E-state index is 11.2. The molecule has 2 amide bonds. The van der Waals surface area contributed by atoms with Crippen molar-refractivity contribution in [3.05, 3.63) is 0 Å². The number of urea groups is 1. The smallest absolute Gasteiger partial charge is 0.314 e. The van der Waals surface area contributed by atoms with E-state index in [1.807, 2.05) is 0 Å². The minimum Gasteiger partial charge on any atom is -0.376 e. The number of amides is 2. The number of carbonyl (C=O) groups is 2. The van der Waals surface area contributed by atoms with Crippen LogP contribution in [0.25, 0.3) is 0 Å². The van der Waals surface area contributed by atoms with Crippen LogP contribution < -0.4 is 10.6 Å². The topological polar surface area (TPSA) is 67.4 Å². The summed E-state index contributed by atoms with van der Waals surface area (Å²) in [6.45, 7) is 3.24. The van der Waals surface area contributed by atoms with Crippen LogP contribution in [0.15, 0.2) is 0 Å². The van der Waals surface area contributed by atoms with Gasteiger partial charge in [-0.25, -0.2) is 4.79 Å². The molecule has 0 aromatic heterocycles. The van der Waals surface area contributed by atoms with Gasteiger partial charge >= 0.3 is 6.03 Å². The Balaban J connectivity index is 2.00. The van der Waals surface area contributed by atoms with Gasteiger partial charge in [0, 0.05) is 26.1 Å². The Morgan fingerprint density at radius 3 is 2.80 bits per heavy atom. The zero-order chi connectivity index (χ0) is 11.1. The van der Waals surface area contributed by atoms with Crippen LogP contribution in [-0.2, 0) is 9.53 Å². The van der Waals surface area contributed by atoms with Gasteiger partial charge in [0.1, 0.15) is 5.78 Å². The zero-order valence-electron chi connectivity index (χ0n) is 9.04. The maximum atomic E-state index is 11.2. The van der Waals surface area contributed by atoms with Gasteiger partial charge in [0.2, 0.25) is 0 Å². The first kappa shape index (κ1) is 12.0. The molecule has 5 nitrogen and oxygen atoms in total. The third kappa shape index (κ3) is 5.37. The molecule has 1 aliphatic rings. The molecule has 1 rings (SSSR count). The molecular formula is C10H18N2O3. The third-order valence-corrected chi connectivity index (χ3v) is 2.28. The number of ketones is 1. The van der Waals surface area contributed by atoms with Crippen LogP contribution in [0, 0.1) is 0 Å². The standard InChI is InChI=1S/C10H18N2O3/c1-8(13)4-5-11-10(14)12-7-9-3-2-6-15-9/h9H,2-7H2,1H3,(H2,11,12,14). The van der Waals surface area contributed by atoms with E-state index < -0.39 is 0 Å². The molecule has 1 unspecified atom stereocenters. The van der Waals surface area contributed by atoms with Gasteiger partial charge in [-0.05, 0) is 19.8 Å². The number of hydrogen-bond acceptors (Lipinski definition) is 3. The second-order valence-electron chi connectivity index (χ2n) is 3.72. The summed E-state index contributed by atoms with van der Waals surface area (Å²) in [6, 6.07) is -0.230. The third-order valence-electron chi connectivity index (χ3n) is 2.28. The summed E-state index contributed by atoms with van der Waals surface area (Å²) >= 11 is 0. The van der Waals surface area contributed by atoms with Crippen molar-refractivity contribution in [3.8, 4) is 0 Å². The summed E-state index contributed by atoms with van der Waals surface area (Å²) < 4.78 is 5.35. The number of carbonyl (C=O) groups excluding carboxylic acids is 2. The Hall–Kier alpha value is -1.10. The lowest BCUT2D eigenvalue weighted by molar-refractivity contribution is -0.116. The zero-order valence-corrected chi connectivity index (χ0v) is 9.04. The number of Topliss-reactive ketones (excluding diaryl/α,β-unsaturated/α-hetero) is 1. The van der Waals surface area contributed by atoms with Gasteiger partial charge in [-0.2, -0.15) is 0 Å². The van der Waals surface area contributed by atoms with Gasteiger partial charge in [-0.15, -0.1) is 0 Å². The van der Waals surface area contributed by atoms with Gasteiger partial charge in [0.15, 0.2) is 0 Å². The minimum atomic E-state index is -0.230. The van der Waals surface area contributed by atoms with Crippen molar-refractivity contribution in [1.29, 1.82) is 0 Å². The highest BCUT2D eigenvalue weighted by Crippen LogP contribution is 2.10. The van der Waals surface area contributed by atoms with E-state index in [9.17, 15) is 9.59 Å². The number of nitrogens with one attached hydrogen (secondary N) is 2. The molecule has 1 aliphatic heterocycles. The van der Waals surface area contributed by atoms with Crippen LogP contribution in [0.3, 0.4) is 0 Å². The molecule has 0 saturated carbocycles. The van der Waals surface area contributed by atoms with Gasteiger partial charge in [-0.1, -0.05) is 0 Å². The fourth-order valence-electron chi connectivity index (χ4n) is 1.43. The lowest BCUT2D eigenvalue weighted by Crippen LogP contribution is -2.40. The Morgan fingerprint density at radius 2 is 2.20 bits per heavy atom. The van der Waals surface area contributed by atoms with Crippen molar-refractivity contribution in [1.82, 2.24) is 10.6 Å². The molecule has 0 radical (unpaired) electrons. The summed E-state index contributed by atoms with van der Waals surface area (Å²) in [5.74, 6) is 0.0782. The number of rotatable bonds is 5. The highest BCUT2D eigenvalue weighted by molar-refractivity contribution is 5.77. The van der Waals surface area contributed by atoms with Gasteiger partial charge in [0.05, 0.1) is 6.10 Å². The molecular weight excluding hydrogens is 196 g/mol. The number of ether oxygens (including phenoxy) is 1. The second-order valence-corrected chi connectivity index (χ2v) is 3.72. The molecule has 1 atom stereocenters. The van der Waals surface area contributed by atoms with Crippen molar-refractivity contribution in [3.63, 3.8) is 0 Å². The average molecular weight is 214 g/mol. The molecule has 0 aromatic carbocycles. The Labute approximate surface area is 89.6 Å². The molecule has 0 bridgehead atoms. The first-order valence-electron chi connectivity index (χ1n) is 5.31. The monoisotopic (exact) mass is 214 g/mol. The van der Waals surface area contributed by atoms with Crippen LogP contribution in [0.1, 0.15) is 26.2 Å². The molecule has 5 heteroatoms. The predicted octanol–water partition coefficient (Wildman–Crippen LogP) is 0.444. The Bertz CT molecular complexity index is 225. The largest absolute Gasteiger partial charge is 0.376 e. The van der Waals surface area contributed by atoms with Crippen molar-refractivity contribution in [2.24, 2.45) is 0 Å². The van der Waals surface area contributed by atoms with Crippen molar-refractivity contribution in [2.75, 3.05) is 19.7 Å². The minimum absolute atomic E-state index is 0.0782. The Morgan fingerprint density at radius 1 is 1.40 bits per heavy atom. The van der Waals surface area contributed by atoms with Gasteiger partial charge in [0.25, 0.3) is 0 Å². The lowest BCUT2D eigenvalue weighted by atomic mass is 10.2. The van der Waals surface area contributed by atoms with Gasteiger partial charge < -0.3 is 15.4 Å². The van der Waals surface area contributed by atoms with Crippen LogP contribution >= 0.6 is 0 Å². The average Bonchev–Trinajstić information content (AvgIpc) is 2.66. The quantitative estimate of drug-likeness (QED) is 0.698. The van der Waals surface area contributed by atoms with E-state index in [1.165, 1.54) is 6.92 Å². The predicted molar refractivity (Wildman–Crippen MR) is 55.7 cm³/mol. The first-order valence-corrected chi connectivity index (χ1v) is 5.31. The van der Waals surface area contributed by atoms with Gasteiger partial charge in [-0.3, -0.25) is 4.79 Å². The van der Waals surface area contributed by atoms with E-state index in [-0.39, 0.29) is 17.9 Å². The molecule has 1 saturated heterocycles. The fraction of sp³-hybridized carbons (Fsp3) is 0.800. The summed E-state index contributed by atoms with van der Waals surface area (Å²) in [5, 5.41) is 5.32. The Kier molecular flexibility index (Phi) is 5.10. The molecule has 1 heterocycles. The second kappa shape index (κ2) is 6.40. The van der Waals surface area contributed by atoms with Crippen LogP contribution in [0.2, 0.25) is 0 Å². The summed E-state index contributed by atoms with van der Waals surface area (Å²) in [5.41, 5.74) is 0. The molecule has 86 valence electrons. The number of hydrogen-bond donors (Lipinski definition) is 2. The molecule has 0 spiro atoms. The normalized spacial score (nSPS) is 19.9. The maximum Gasteiger partial charge on any atom is 0.314 e. The van der Waals surface area contributed by atoms with E-state index in [1.54, 1.807) is 0 Å². The molecule has 15 heavy (non-hydrogen) atoms. The lowest BCUT2D eigenvalue weighted by Gasteiger charge is -2.11. The van der Waals surface area contributed by atoms with Crippen LogP contribution in [-0.4, -0.2) is 37.6 Å². The molecule has 0 aliphatic carbocycles. The highest BCUT2D eigenvalue weighted by atomic mass is 16.5. The van der Waals surface area contributed by atoms with Crippen LogP contribution in [0.4, 0.5) is 4.79 Å². The van der Waals surface area contributed by atoms with E-state index in [0.29, 0.717) is 19.5 Å².